The Bertz CT molecular complexity index is 984. The molecule has 57 heavy (non-hydrogen) atoms. The Hall–Kier alpha value is -1.02. The minimum Gasteiger partial charge on any atom is -0.756 e. The number of carbonyl (C=O) groups is 1. The van der Waals surface area contributed by atoms with E-state index in [0.29, 0.717) is 23.9 Å². The van der Waals surface area contributed by atoms with Crippen LogP contribution in [0.2, 0.25) is 0 Å². The number of hydrogen-bond acceptors (Lipinski definition) is 6. The second kappa shape index (κ2) is 40.4. The smallest absolute Gasteiger partial charge is 0.268 e. The number of quaternary nitrogens is 1. The minimum atomic E-state index is -4.57. The summed E-state index contributed by atoms with van der Waals surface area (Å²) in [6.45, 7) is 4.70. The van der Waals surface area contributed by atoms with Gasteiger partial charge in [0.15, 0.2) is 0 Å². The Kier molecular flexibility index (Phi) is 39.7. The molecule has 2 N–H and O–H groups in total. The van der Waals surface area contributed by atoms with Crippen molar-refractivity contribution in [2.24, 2.45) is 0 Å². The second-order valence-corrected chi connectivity index (χ2v) is 19.2. The summed E-state index contributed by atoms with van der Waals surface area (Å²) >= 11 is 0. The van der Waals surface area contributed by atoms with Gasteiger partial charge in [-0.1, -0.05) is 179 Å². The van der Waals surface area contributed by atoms with Gasteiger partial charge in [0, 0.05) is 6.42 Å². The maximum absolute atomic E-state index is 12.9. The third-order valence-corrected chi connectivity index (χ3v) is 11.9. The molecule has 0 aliphatic rings. The Balaban J connectivity index is 4.33. The molecule has 0 saturated carbocycles. The van der Waals surface area contributed by atoms with Gasteiger partial charge < -0.3 is 28.8 Å². The van der Waals surface area contributed by atoms with Crippen molar-refractivity contribution in [3.05, 3.63) is 24.3 Å². The predicted molar refractivity (Wildman–Crippen MR) is 242 cm³/mol. The summed E-state index contributed by atoms with van der Waals surface area (Å²) in [5, 5.41) is 13.9. The van der Waals surface area contributed by atoms with Gasteiger partial charge in [-0.05, 0) is 64.2 Å². The van der Waals surface area contributed by atoms with Crippen molar-refractivity contribution in [3.8, 4) is 0 Å². The van der Waals surface area contributed by atoms with Crippen molar-refractivity contribution >= 4 is 13.7 Å². The molecule has 1 unspecified atom stereocenters. The number of phosphoric acid groups is 1. The molecule has 0 spiro atoms. The molecule has 0 radical (unpaired) electrons. The molecule has 0 bridgehead atoms. The number of aliphatic hydroxyl groups is 1. The van der Waals surface area contributed by atoms with E-state index in [-0.39, 0.29) is 19.1 Å². The SMILES string of the molecule is CCCCCCCC/C=C/CCCCCCCCCCCC(=O)N[C@@H](COP(=O)([O-])OCC[N+](C)(C)C)[C@H](O)CCCC/C=C/CCCCCCCCCCCC. The van der Waals surface area contributed by atoms with Crippen LogP contribution < -0.4 is 10.2 Å². The lowest BCUT2D eigenvalue weighted by molar-refractivity contribution is -0.870. The van der Waals surface area contributed by atoms with E-state index < -0.39 is 20.0 Å². The van der Waals surface area contributed by atoms with E-state index in [1.807, 2.05) is 21.1 Å². The first kappa shape index (κ1) is 56.0. The van der Waals surface area contributed by atoms with E-state index in [1.165, 1.54) is 154 Å². The fourth-order valence-electron chi connectivity index (χ4n) is 7.03. The number of allylic oxidation sites excluding steroid dienone is 4. The summed E-state index contributed by atoms with van der Waals surface area (Å²) in [5.41, 5.74) is 0. The van der Waals surface area contributed by atoms with Crippen LogP contribution in [0.1, 0.15) is 226 Å². The van der Waals surface area contributed by atoms with E-state index in [2.05, 4.69) is 43.5 Å². The van der Waals surface area contributed by atoms with Crippen LogP contribution in [0.3, 0.4) is 0 Å². The predicted octanol–water partition coefficient (Wildman–Crippen LogP) is 13.1. The molecule has 3 atom stereocenters. The quantitative estimate of drug-likeness (QED) is 0.0274. The normalized spacial score (nSPS) is 14.4. The zero-order valence-electron chi connectivity index (χ0n) is 38.3. The molecule has 0 aliphatic carbocycles. The highest BCUT2D eigenvalue weighted by molar-refractivity contribution is 7.45. The maximum Gasteiger partial charge on any atom is 0.268 e. The molecule has 0 aromatic carbocycles. The molecule has 8 nitrogen and oxygen atoms in total. The number of likely N-dealkylation sites (N-methyl/N-ethyl adjacent to an activating group) is 1. The highest BCUT2D eigenvalue weighted by atomic mass is 31.2. The lowest BCUT2D eigenvalue weighted by atomic mass is 10.0. The average molecular weight is 827 g/mol. The largest absolute Gasteiger partial charge is 0.756 e. The Labute approximate surface area is 354 Å². The standard InChI is InChI=1S/C48H95N2O6P/c1-6-8-10-12-14-16-18-20-22-24-25-26-28-30-32-34-36-38-40-42-48(52)49-46(45-56-57(53,54)55-44-43-50(3,4)5)47(51)41-39-37-35-33-31-29-27-23-21-19-17-15-13-11-9-7-2/h20,22,31,33,46-47,51H,6-19,21,23-30,32,34-45H2,1-5H3,(H-,49,52,53,54)/b22-20+,33-31+/t46-,47+/m0/s1. The molecular formula is C48H95N2O6P. The number of aliphatic hydroxyl groups excluding tert-OH is 1. The number of phosphoric ester groups is 1. The highest BCUT2D eigenvalue weighted by Crippen LogP contribution is 2.38. The zero-order chi connectivity index (χ0) is 42.1. The van der Waals surface area contributed by atoms with Crippen LogP contribution in [-0.2, 0) is 18.4 Å². The molecule has 0 heterocycles. The first-order valence-corrected chi connectivity index (χ1v) is 25.6. The average Bonchev–Trinajstić information content (AvgIpc) is 3.16. The van der Waals surface area contributed by atoms with E-state index in [4.69, 9.17) is 9.05 Å². The van der Waals surface area contributed by atoms with Crippen LogP contribution in [0.25, 0.3) is 0 Å². The minimum absolute atomic E-state index is 0.00751. The topological polar surface area (TPSA) is 108 Å². The van der Waals surface area contributed by atoms with Crippen molar-refractivity contribution in [1.82, 2.24) is 5.32 Å². The van der Waals surface area contributed by atoms with Crippen LogP contribution in [-0.4, -0.2) is 68.5 Å². The molecular weight excluding hydrogens is 732 g/mol. The van der Waals surface area contributed by atoms with E-state index >= 15 is 0 Å². The molecule has 0 saturated heterocycles. The van der Waals surface area contributed by atoms with Crippen molar-refractivity contribution in [2.75, 3.05) is 40.9 Å². The van der Waals surface area contributed by atoms with Crippen molar-refractivity contribution in [3.63, 3.8) is 0 Å². The third-order valence-electron chi connectivity index (χ3n) is 10.9. The second-order valence-electron chi connectivity index (χ2n) is 17.8. The Morgan fingerprint density at radius 1 is 0.596 bits per heavy atom. The molecule has 0 aromatic rings. The van der Waals surface area contributed by atoms with Crippen molar-refractivity contribution in [1.29, 1.82) is 0 Å². The summed E-state index contributed by atoms with van der Waals surface area (Å²) in [7, 11) is 1.29. The summed E-state index contributed by atoms with van der Waals surface area (Å²) in [4.78, 5) is 25.4. The molecule has 1 amide bonds. The van der Waals surface area contributed by atoms with Gasteiger partial charge in [0.1, 0.15) is 13.2 Å². The number of amides is 1. The van der Waals surface area contributed by atoms with Gasteiger partial charge in [0.25, 0.3) is 7.82 Å². The summed E-state index contributed by atoms with van der Waals surface area (Å²) < 4.78 is 23.3. The van der Waals surface area contributed by atoms with E-state index in [0.717, 1.165) is 44.9 Å². The van der Waals surface area contributed by atoms with Crippen LogP contribution >= 0.6 is 7.82 Å². The highest BCUT2D eigenvalue weighted by Gasteiger charge is 2.24. The molecule has 9 heteroatoms. The van der Waals surface area contributed by atoms with Gasteiger partial charge in [0.05, 0.1) is 39.9 Å². The number of unbranched alkanes of at least 4 members (excludes halogenated alkanes) is 27. The summed E-state index contributed by atoms with van der Waals surface area (Å²) in [6, 6.07) is -0.815. The summed E-state index contributed by atoms with van der Waals surface area (Å²) in [5.74, 6) is -0.176. The van der Waals surface area contributed by atoms with Gasteiger partial charge in [-0.15, -0.1) is 0 Å². The number of nitrogens with one attached hydrogen (secondary N) is 1. The Morgan fingerprint density at radius 3 is 1.37 bits per heavy atom. The summed E-state index contributed by atoms with van der Waals surface area (Å²) in [6.07, 6.45) is 47.6. The van der Waals surface area contributed by atoms with Crippen molar-refractivity contribution < 1.29 is 32.9 Å². The number of nitrogens with zero attached hydrogens (tertiary/aromatic N) is 1. The van der Waals surface area contributed by atoms with Crippen LogP contribution in [0, 0.1) is 0 Å². The molecule has 338 valence electrons. The molecule has 0 rings (SSSR count). The molecule has 0 aliphatic heterocycles. The molecule has 0 aromatic heterocycles. The van der Waals surface area contributed by atoms with Gasteiger partial charge in [0.2, 0.25) is 5.91 Å². The van der Waals surface area contributed by atoms with Crippen LogP contribution in [0.5, 0.6) is 0 Å². The van der Waals surface area contributed by atoms with E-state index in [1.54, 1.807) is 0 Å². The first-order chi connectivity index (χ1) is 27.5. The number of rotatable bonds is 44. The molecule has 0 fully saturated rings. The van der Waals surface area contributed by atoms with E-state index in [9.17, 15) is 19.4 Å². The number of carbonyl (C=O) groups excluding carboxylic acids is 1. The lowest BCUT2D eigenvalue weighted by Crippen LogP contribution is -2.46. The monoisotopic (exact) mass is 827 g/mol. The van der Waals surface area contributed by atoms with Crippen LogP contribution in [0.15, 0.2) is 24.3 Å². The third kappa shape index (κ3) is 42.9. The first-order valence-electron chi connectivity index (χ1n) is 24.2. The fraction of sp³-hybridized carbons (Fsp3) is 0.896. The maximum atomic E-state index is 12.9. The lowest BCUT2D eigenvalue weighted by Gasteiger charge is -2.30. The fourth-order valence-corrected chi connectivity index (χ4v) is 7.75. The van der Waals surface area contributed by atoms with Gasteiger partial charge in [-0.25, -0.2) is 0 Å². The van der Waals surface area contributed by atoms with Gasteiger partial charge >= 0.3 is 0 Å². The number of hydrogen-bond donors (Lipinski definition) is 2. The van der Waals surface area contributed by atoms with Crippen LogP contribution in [0.4, 0.5) is 0 Å². The Morgan fingerprint density at radius 2 is 0.965 bits per heavy atom. The zero-order valence-corrected chi connectivity index (χ0v) is 39.2. The van der Waals surface area contributed by atoms with Gasteiger partial charge in [-0.2, -0.15) is 0 Å². The van der Waals surface area contributed by atoms with Gasteiger partial charge in [-0.3, -0.25) is 9.36 Å². The van der Waals surface area contributed by atoms with Crippen molar-refractivity contribution in [2.45, 2.75) is 238 Å².